The van der Waals surface area contributed by atoms with E-state index in [1.165, 1.54) is 17.0 Å². The number of aryl methyl sites for hydroxylation is 2. The molecule has 0 fully saturated rings. The van der Waals surface area contributed by atoms with Gasteiger partial charge in [0.1, 0.15) is 12.6 Å². The third-order valence-electron chi connectivity index (χ3n) is 7.39. The third-order valence-corrected chi connectivity index (χ3v) is 9.55. The van der Waals surface area contributed by atoms with E-state index < -0.39 is 28.5 Å². The largest absolute Gasteiger partial charge is 0.352 e. The number of anilines is 1. The van der Waals surface area contributed by atoms with Crippen molar-refractivity contribution in [2.24, 2.45) is 0 Å². The zero-order valence-electron chi connectivity index (χ0n) is 25.4. The third kappa shape index (κ3) is 8.07. The molecule has 1 atom stereocenters. The molecular weight excluding hydrogens is 594 g/mol. The average molecular weight is 632 g/mol. The van der Waals surface area contributed by atoms with Crippen molar-refractivity contribution in [1.82, 2.24) is 10.2 Å². The minimum absolute atomic E-state index is 0.00761. The fourth-order valence-corrected chi connectivity index (χ4v) is 6.50. The van der Waals surface area contributed by atoms with Gasteiger partial charge in [-0.15, -0.1) is 0 Å². The summed E-state index contributed by atoms with van der Waals surface area (Å²) in [5.74, 6) is -0.879. The Morgan fingerprint density at radius 2 is 1.43 bits per heavy atom. The monoisotopic (exact) mass is 631 g/mol. The Morgan fingerprint density at radius 3 is 2.05 bits per heavy atom. The van der Waals surface area contributed by atoms with E-state index in [2.05, 4.69) is 5.32 Å². The summed E-state index contributed by atoms with van der Waals surface area (Å²) in [6.07, 6.45) is 0.227. The van der Waals surface area contributed by atoms with E-state index in [1.54, 1.807) is 48.5 Å². The summed E-state index contributed by atoms with van der Waals surface area (Å²) in [4.78, 5) is 29.8. The molecule has 4 aromatic rings. The molecule has 4 rings (SSSR count). The predicted molar refractivity (Wildman–Crippen MR) is 176 cm³/mol. The number of nitrogens with zero attached hydrogens (tertiary/aromatic N) is 2. The summed E-state index contributed by atoms with van der Waals surface area (Å²) in [6.45, 7) is 7.02. The number of halogens is 1. The SMILES string of the molecule is Cc1ccc(N(CC(=O)N(Cc2ccccc2Cl)C(Cc2ccccc2)C(=O)NC(C)C)S(=O)(=O)c2ccccc2)cc1C. The molecule has 230 valence electrons. The molecule has 4 aromatic carbocycles. The molecule has 0 aromatic heterocycles. The van der Waals surface area contributed by atoms with Crippen molar-refractivity contribution in [1.29, 1.82) is 0 Å². The van der Waals surface area contributed by atoms with Gasteiger partial charge >= 0.3 is 0 Å². The molecule has 0 aliphatic heterocycles. The standard InChI is InChI=1S/C35H38ClN3O4S/c1-25(2)37-35(41)33(22-28-13-7-5-8-14-28)38(23-29-15-11-12-18-32(29)36)34(40)24-39(30-20-19-26(3)27(4)21-30)44(42,43)31-16-9-6-10-17-31/h5-21,25,33H,22-24H2,1-4H3,(H,37,41). The lowest BCUT2D eigenvalue weighted by molar-refractivity contribution is -0.140. The molecule has 0 saturated heterocycles. The first-order chi connectivity index (χ1) is 21.0. The van der Waals surface area contributed by atoms with Gasteiger partial charge < -0.3 is 10.2 Å². The lowest BCUT2D eigenvalue weighted by Gasteiger charge is -2.34. The van der Waals surface area contributed by atoms with E-state index in [0.29, 0.717) is 16.3 Å². The Hall–Kier alpha value is -4.14. The highest BCUT2D eigenvalue weighted by atomic mass is 35.5. The molecule has 9 heteroatoms. The highest BCUT2D eigenvalue weighted by Gasteiger charge is 2.35. The quantitative estimate of drug-likeness (QED) is 0.198. The lowest BCUT2D eigenvalue weighted by Crippen LogP contribution is -2.54. The molecule has 0 bridgehead atoms. The van der Waals surface area contributed by atoms with Gasteiger partial charge in [-0.3, -0.25) is 13.9 Å². The van der Waals surface area contributed by atoms with Gasteiger partial charge in [0, 0.05) is 24.0 Å². The maximum absolute atomic E-state index is 14.5. The van der Waals surface area contributed by atoms with Crippen LogP contribution in [0.5, 0.6) is 0 Å². The topological polar surface area (TPSA) is 86.8 Å². The number of nitrogens with one attached hydrogen (secondary N) is 1. The van der Waals surface area contributed by atoms with Crippen LogP contribution >= 0.6 is 11.6 Å². The van der Waals surface area contributed by atoms with Gasteiger partial charge in [-0.25, -0.2) is 8.42 Å². The van der Waals surface area contributed by atoms with Crippen molar-refractivity contribution in [2.75, 3.05) is 10.8 Å². The predicted octanol–water partition coefficient (Wildman–Crippen LogP) is 6.32. The van der Waals surface area contributed by atoms with Crippen molar-refractivity contribution in [3.8, 4) is 0 Å². The molecule has 7 nitrogen and oxygen atoms in total. The average Bonchev–Trinajstić information content (AvgIpc) is 3.00. The van der Waals surface area contributed by atoms with Crippen LogP contribution in [0.25, 0.3) is 0 Å². The molecule has 1 N–H and O–H groups in total. The number of amides is 2. The summed E-state index contributed by atoms with van der Waals surface area (Å²) >= 11 is 6.54. The second-order valence-electron chi connectivity index (χ2n) is 11.1. The number of carbonyl (C=O) groups is 2. The van der Waals surface area contributed by atoms with E-state index in [9.17, 15) is 18.0 Å². The Kier molecular flexibility index (Phi) is 10.8. The van der Waals surface area contributed by atoms with Crippen LogP contribution in [0.2, 0.25) is 5.02 Å². The summed E-state index contributed by atoms with van der Waals surface area (Å²) in [5, 5.41) is 3.40. The zero-order valence-corrected chi connectivity index (χ0v) is 27.0. The van der Waals surface area contributed by atoms with Gasteiger partial charge in [-0.1, -0.05) is 84.4 Å². The van der Waals surface area contributed by atoms with Crippen molar-refractivity contribution in [2.45, 2.75) is 57.6 Å². The van der Waals surface area contributed by atoms with Gasteiger partial charge in [-0.05, 0) is 80.3 Å². The zero-order chi connectivity index (χ0) is 31.9. The van der Waals surface area contributed by atoms with Crippen molar-refractivity contribution in [3.05, 3.63) is 130 Å². The number of hydrogen-bond acceptors (Lipinski definition) is 4. The Morgan fingerprint density at radius 1 is 0.818 bits per heavy atom. The molecule has 0 spiro atoms. The molecule has 1 unspecified atom stereocenters. The van der Waals surface area contributed by atoms with Gasteiger partial charge in [0.2, 0.25) is 11.8 Å². The first kappa shape index (κ1) is 32.8. The number of benzene rings is 4. The highest BCUT2D eigenvalue weighted by molar-refractivity contribution is 7.92. The smallest absolute Gasteiger partial charge is 0.264 e. The summed E-state index contributed by atoms with van der Waals surface area (Å²) < 4.78 is 29.3. The first-order valence-electron chi connectivity index (χ1n) is 14.5. The molecule has 2 amide bonds. The fourth-order valence-electron chi connectivity index (χ4n) is 4.87. The summed E-state index contributed by atoms with van der Waals surface area (Å²) in [6, 6.07) is 28.7. The fraction of sp³-hybridized carbons (Fsp3) is 0.257. The normalized spacial score (nSPS) is 12.0. The molecule has 0 heterocycles. The number of sulfonamides is 1. The highest BCUT2D eigenvalue weighted by Crippen LogP contribution is 2.27. The molecule has 0 saturated carbocycles. The van der Waals surface area contributed by atoms with Crippen LogP contribution in [0, 0.1) is 13.8 Å². The van der Waals surface area contributed by atoms with Gasteiger partial charge in [-0.2, -0.15) is 0 Å². The Labute approximate surface area is 265 Å². The van der Waals surface area contributed by atoms with E-state index in [-0.39, 0.29) is 29.8 Å². The van der Waals surface area contributed by atoms with Gasteiger partial charge in [0.25, 0.3) is 10.0 Å². The summed E-state index contributed by atoms with van der Waals surface area (Å²) in [7, 11) is -4.16. The molecule has 0 radical (unpaired) electrons. The van der Waals surface area contributed by atoms with Crippen LogP contribution in [-0.4, -0.2) is 43.8 Å². The van der Waals surface area contributed by atoms with E-state index >= 15 is 0 Å². The number of carbonyl (C=O) groups excluding carboxylic acids is 2. The van der Waals surface area contributed by atoms with Gasteiger partial charge in [0.05, 0.1) is 10.6 Å². The second-order valence-corrected chi connectivity index (χ2v) is 13.3. The van der Waals surface area contributed by atoms with Crippen LogP contribution < -0.4 is 9.62 Å². The van der Waals surface area contributed by atoms with Crippen LogP contribution in [0.1, 0.15) is 36.1 Å². The molecule has 0 aliphatic rings. The van der Waals surface area contributed by atoms with Crippen LogP contribution in [-0.2, 0) is 32.6 Å². The summed E-state index contributed by atoms with van der Waals surface area (Å²) in [5.41, 5.74) is 3.73. The Balaban J connectivity index is 1.82. The van der Waals surface area contributed by atoms with Crippen LogP contribution in [0.15, 0.2) is 108 Å². The minimum atomic E-state index is -4.16. The number of rotatable bonds is 12. The van der Waals surface area contributed by atoms with Crippen molar-refractivity contribution >= 4 is 39.1 Å². The van der Waals surface area contributed by atoms with E-state index in [1.807, 2.05) is 70.2 Å². The van der Waals surface area contributed by atoms with Crippen LogP contribution in [0.3, 0.4) is 0 Å². The molecule has 0 aliphatic carbocycles. The van der Waals surface area contributed by atoms with E-state index in [4.69, 9.17) is 11.6 Å². The van der Waals surface area contributed by atoms with Crippen molar-refractivity contribution < 1.29 is 18.0 Å². The van der Waals surface area contributed by atoms with E-state index in [0.717, 1.165) is 21.0 Å². The van der Waals surface area contributed by atoms with Gasteiger partial charge in [0.15, 0.2) is 0 Å². The minimum Gasteiger partial charge on any atom is -0.352 e. The number of hydrogen-bond donors (Lipinski definition) is 1. The lowest BCUT2D eigenvalue weighted by atomic mass is 10.0. The molecule has 44 heavy (non-hydrogen) atoms. The maximum atomic E-state index is 14.5. The second kappa shape index (κ2) is 14.6. The van der Waals surface area contributed by atoms with Crippen LogP contribution in [0.4, 0.5) is 5.69 Å². The first-order valence-corrected chi connectivity index (χ1v) is 16.3. The maximum Gasteiger partial charge on any atom is 0.264 e. The molecular formula is C35H38ClN3O4S. The van der Waals surface area contributed by atoms with Crippen molar-refractivity contribution in [3.63, 3.8) is 0 Å². The Bertz CT molecular complexity index is 1700.